The first kappa shape index (κ1) is 15.7. The van der Waals surface area contributed by atoms with Gasteiger partial charge in [0.05, 0.1) is 6.54 Å². The number of likely N-dealkylation sites (N-methyl/N-ethyl adjacent to an activating group) is 1. The summed E-state index contributed by atoms with van der Waals surface area (Å²) in [5, 5.41) is 4.79. The van der Waals surface area contributed by atoms with E-state index in [1.165, 1.54) is 11.3 Å². The molecule has 3 N–H and O–H groups in total. The molecule has 19 heavy (non-hydrogen) atoms. The normalized spacial score (nSPS) is 10.4. The Morgan fingerprint density at radius 1 is 1.58 bits per heavy atom. The predicted octanol–water partition coefficient (Wildman–Crippen LogP) is 1.13. The summed E-state index contributed by atoms with van der Waals surface area (Å²) >= 11 is 1.40. The molecule has 0 radical (unpaired) electrons. The molecule has 0 aliphatic rings. The van der Waals surface area contributed by atoms with E-state index in [0.717, 1.165) is 12.1 Å². The Kier molecular flexibility index (Phi) is 6.57. The van der Waals surface area contributed by atoms with E-state index in [0.29, 0.717) is 24.0 Å². The van der Waals surface area contributed by atoms with Gasteiger partial charge in [-0.3, -0.25) is 4.79 Å². The third-order valence-electron chi connectivity index (χ3n) is 2.83. The van der Waals surface area contributed by atoms with Crippen molar-refractivity contribution in [3.63, 3.8) is 0 Å². The van der Waals surface area contributed by atoms with Crippen molar-refractivity contribution in [2.75, 3.05) is 26.7 Å². The van der Waals surface area contributed by atoms with Crippen LogP contribution in [-0.2, 0) is 0 Å². The zero-order chi connectivity index (χ0) is 14.3. The van der Waals surface area contributed by atoms with Gasteiger partial charge in [0, 0.05) is 24.7 Å². The van der Waals surface area contributed by atoms with Gasteiger partial charge in [-0.15, -0.1) is 11.3 Å². The number of nitrogens with zero attached hydrogens (tertiary/aromatic N) is 1. The van der Waals surface area contributed by atoms with Crippen LogP contribution in [0.5, 0.6) is 0 Å². The van der Waals surface area contributed by atoms with Crippen molar-refractivity contribution < 1.29 is 4.79 Å². The molecule has 0 saturated heterocycles. The summed E-state index contributed by atoms with van der Waals surface area (Å²) in [4.78, 5) is 14.9. The fourth-order valence-corrected chi connectivity index (χ4v) is 2.18. The van der Waals surface area contributed by atoms with Crippen molar-refractivity contribution in [1.82, 2.24) is 10.2 Å². The minimum atomic E-state index is -0.0616. The average Bonchev–Trinajstić information content (AvgIpc) is 2.84. The molecule has 1 amide bonds. The molecule has 0 atom stereocenters. The van der Waals surface area contributed by atoms with Crippen molar-refractivity contribution in [3.05, 3.63) is 21.9 Å². The van der Waals surface area contributed by atoms with Crippen LogP contribution in [0.15, 0.2) is 11.4 Å². The third-order valence-corrected chi connectivity index (χ3v) is 3.74. The number of carbonyl (C=O) groups is 1. The van der Waals surface area contributed by atoms with Crippen molar-refractivity contribution >= 4 is 17.2 Å². The number of hydrogen-bond donors (Lipinski definition) is 2. The average molecular weight is 279 g/mol. The van der Waals surface area contributed by atoms with E-state index in [2.05, 4.69) is 35.9 Å². The summed E-state index contributed by atoms with van der Waals surface area (Å²) in [6.07, 6.45) is 0. The molecular weight excluding hydrogens is 258 g/mol. The summed E-state index contributed by atoms with van der Waals surface area (Å²) in [7, 11) is 2.04. The topological polar surface area (TPSA) is 58.4 Å². The number of carbonyl (C=O) groups excluding carboxylic acids is 1. The van der Waals surface area contributed by atoms with Gasteiger partial charge in [-0.1, -0.05) is 11.8 Å². The van der Waals surface area contributed by atoms with E-state index in [1.54, 1.807) is 0 Å². The van der Waals surface area contributed by atoms with Crippen molar-refractivity contribution in [2.45, 2.75) is 19.9 Å². The Bertz CT molecular complexity index is 471. The molecule has 0 saturated carbocycles. The maximum Gasteiger partial charge on any atom is 0.262 e. The van der Waals surface area contributed by atoms with E-state index in [4.69, 9.17) is 5.73 Å². The fraction of sp³-hybridized carbons (Fsp3) is 0.500. The van der Waals surface area contributed by atoms with Gasteiger partial charge >= 0.3 is 0 Å². The lowest BCUT2D eigenvalue weighted by atomic mass is 10.2. The van der Waals surface area contributed by atoms with Gasteiger partial charge in [0.25, 0.3) is 5.91 Å². The molecule has 0 aliphatic carbocycles. The van der Waals surface area contributed by atoms with Crippen LogP contribution in [0.2, 0.25) is 0 Å². The maximum absolute atomic E-state index is 12.0. The SMILES string of the molecule is CC(C)N(C)CCNC(=O)c1sccc1C#CCN. The highest BCUT2D eigenvalue weighted by atomic mass is 32.1. The number of rotatable bonds is 5. The Morgan fingerprint density at radius 3 is 2.95 bits per heavy atom. The van der Waals surface area contributed by atoms with Gasteiger partial charge in [-0.05, 0) is 32.3 Å². The quantitative estimate of drug-likeness (QED) is 0.794. The number of hydrogen-bond acceptors (Lipinski definition) is 4. The first-order valence-corrected chi connectivity index (χ1v) is 7.19. The van der Waals surface area contributed by atoms with Crippen LogP contribution in [0.1, 0.15) is 29.1 Å². The van der Waals surface area contributed by atoms with Crippen LogP contribution in [0.25, 0.3) is 0 Å². The van der Waals surface area contributed by atoms with Crippen LogP contribution in [0, 0.1) is 11.8 Å². The summed E-state index contributed by atoms with van der Waals surface area (Å²) in [5.41, 5.74) is 6.09. The molecule has 1 aromatic heterocycles. The molecule has 5 heteroatoms. The highest BCUT2D eigenvalue weighted by molar-refractivity contribution is 7.12. The lowest BCUT2D eigenvalue weighted by molar-refractivity contribution is 0.0952. The molecule has 4 nitrogen and oxygen atoms in total. The molecule has 0 aliphatic heterocycles. The molecule has 0 fully saturated rings. The highest BCUT2D eigenvalue weighted by Crippen LogP contribution is 2.15. The van der Waals surface area contributed by atoms with Gasteiger partial charge in [-0.25, -0.2) is 0 Å². The van der Waals surface area contributed by atoms with Gasteiger partial charge in [-0.2, -0.15) is 0 Å². The summed E-state index contributed by atoms with van der Waals surface area (Å²) in [5.74, 6) is 5.63. The van der Waals surface area contributed by atoms with Gasteiger partial charge in [0.15, 0.2) is 0 Å². The van der Waals surface area contributed by atoms with E-state index < -0.39 is 0 Å². The van der Waals surface area contributed by atoms with Crippen LogP contribution < -0.4 is 11.1 Å². The van der Waals surface area contributed by atoms with E-state index in [1.807, 2.05) is 18.5 Å². The van der Waals surface area contributed by atoms with Gasteiger partial charge < -0.3 is 16.0 Å². The molecule has 1 heterocycles. The summed E-state index contributed by atoms with van der Waals surface area (Å²) in [6.45, 7) is 6.02. The Hall–Kier alpha value is -1.35. The number of thiophene rings is 1. The van der Waals surface area contributed by atoms with Crippen molar-refractivity contribution in [2.24, 2.45) is 5.73 Å². The smallest absolute Gasteiger partial charge is 0.262 e. The monoisotopic (exact) mass is 279 g/mol. The second-order valence-corrected chi connectivity index (χ2v) is 5.42. The lowest BCUT2D eigenvalue weighted by Crippen LogP contribution is -2.36. The first-order valence-electron chi connectivity index (χ1n) is 6.31. The molecule has 104 valence electrons. The Morgan fingerprint density at radius 2 is 2.32 bits per heavy atom. The maximum atomic E-state index is 12.0. The Labute approximate surface area is 119 Å². The zero-order valence-electron chi connectivity index (χ0n) is 11.7. The predicted molar refractivity (Wildman–Crippen MR) is 80.4 cm³/mol. The molecule has 0 unspecified atom stereocenters. The summed E-state index contributed by atoms with van der Waals surface area (Å²) in [6, 6.07) is 2.33. The van der Waals surface area contributed by atoms with Crippen molar-refractivity contribution in [3.8, 4) is 11.8 Å². The first-order chi connectivity index (χ1) is 9.06. The van der Waals surface area contributed by atoms with E-state index in [-0.39, 0.29) is 5.91 Å². The zero-order valence-corrected chi connectivity index (χ0v) is 12.5. The lowest BCUT2D eigenvalue weighted by Gasteiger charge is -2.20. The minimum absolute atomic E-state index is 0.0616. The number of amides is 1. The standard InChI is InChI=1S/C14H21N3OS/c1-11(2)17(3)9-8-16-14(18)13-12(5-4-7-15)6-10-19-13/h6,10-11H,7-9,15H2,1-3H3,(H,16,18). The van der Waals surface area contributed by atoms with E-state index in [9.17, 15) is 4.79 Å². The minimum Gasteiger partial charge on any atom is -0.350 e. The molecule has 1 aromatic rings. The summed E-state index contributed by atoms with van der Waals surface area (Å²) < 4.78 is 0. The van der Waals surface area contributed by atoms with Crippen molar-refractivity contribution in [1.29, 1.82) is 0 Å². The molecule has 0 aromatic carbocycles. The fourth-order valence-electron chi connectivity index (χ4n) is 1.41. The van der Waals surface area contributed by atoms with Gasteiger partial charge in [0.2, 0.25) is 0 Å². The Balaban J connectivity index is 2.52. The van der Waals surface area contributed by atoms with E-state index >= 15 is 0 Å². The molecular formula is C14H21N3OS. The van der Waals surface area contributed by atoms with Gasteiger partial charge in [0.1, 0.15) is 4.88 Å². The molecule has 0 bridgehead atoms. The molecule has 1 rings (SSSR count). The number of nitrogens with one attached hydrogen (secondary N) is 1. The second kappa shape index (κ2) is 7.95. The largest absolute Gasteiger partial charge is 0.350 e. The van der Waals surface area contributed by atoms with Crippen LogP contribution in [0.4, 0.5) is 0 Å². The van der Waals surface area contributed by atoms with Crippen LogP contribution >= 0.6 is 11.3 Å². The highest BCUT2D eigenvalue weighted by Gasteiger charge is 2.11. The molecule has 0 spiro atoms. The second-order valence-electron chi connectivity index (χ2n) is 4.50. The van der Waals surface area contributed by atoms with Crippen LogP contribution in [0.3, 0.4) is 0 Å². The third kappa shape index (κ3) is 5.03. The number of nitrogens with two attached hydrogens (primary N) is 1. The van der Waals surface area contributed by atoms with Crippen LogP contribution in [-0.4, -0.2) is 43.5 Å².